The van der Waals surface area contributed by atoms with Crippen LogP contribution in [0.3, 0.4) is 0 Å². The van der Waals surface area contributed by atoms with Crippen molar-refractivity contribution in [1.29, 1.82) is 0 Å². The fourth-order valence-corrected chi connectivity index (χ4v) is 4.32. The predicted octanol–water partition coefficient (Wildman–Crippen LogP) is -2.96. The first kappa shape index (κ1) is 31.5. The van der Waals surface area contributed by atoms with Gasteiger partial charge in [-0.15, -0.1) is 0 Å². The summed E-state index contributed by atoms with van der Waals surface area (Å²) in [4.78, 5) is 59.9. The molecule has 0 aliphatic carbocycles. The molecule has 0 heterocycles. The maximum absolute atomic E-state index is 12.1. The molecule has 0 aromatic carbocycles. The van der Waals surface area contributed by atoms with Crippen molar-refractivity contribution in [2.45, 2.75) is 0 Å². The van der Waals surface area contributed by atoms with Gasteiger partial charge in [-0.2, -0.15) is 0 Å². The van der Waals surface area contributed by atoms with Crippen LogP contribution in [0.15, 0.2) is 0 Å². The van der Waals surface area contributed by atoms with Gasteiger partial charge < -0.3 is 25.7 Å². The lowest BCUT2D eigenvalue weighted by molar-refractivity contribution is -0.143. The fraction of sp³-hybridized carbons (Fsp3) is 0.706. The minimum absolute atomic E-state index is 0.00474. The van der Waals surface area contributed by atoms with E-state index in [4.69, 9.17) is 20.4 Å². The van der Waals surface area contributed by atoms with Crippen LogP contribution in [0.4, 0.5) is 0 Å². The summed E-state index contributed by atoms with van der Waals surface area (Å²) < 4.78 is 22.1. The maximum Gasteiger partial charge on any atom is 0.317 e. The summed E-state index contributed by atoms with van der Waals surface area (Å²) in [6, 6.07) is 0. The standard InChI is InChI=1S/C17H30N4O11S2/c1-34(31,32)33-7-2-18-13(22)8-20(10-15(25)26)5-3-19(9-14(23)24)4-6-21(11-16(27)28)12-17(29)30/h2-12H2,1H3,(H,18,22)(H,23,24)(H,25,26)(H,27,28)(H,29,30). The number of rotatable bonds is 20. The third-order valence-corrected chi connectivity index (χ3v) is 6.57. The Morgan fingerprint density at radius 2 is 1.03 bits per heavy atom. The molecule has 5 N–H and O–H groups in total. The molecule has 0 aliphatic rings. The van der Waals surface area contributed by atoms with Gasteiger partial charge in [0.15, 0.2) is 8.87 Å². The van der Waals surface area contributed by atoms with E-state index < -0.39 is 64.8 Å². The van der Waals surface area contributed by atoms with Crippen LogP contribution < -0.4 is 5.32 Å². The molecule has 0 aliphatic heterocycles. The summed E-state index contributed by atoms with van der Waals surface area (Å²) in [5.41, 5.74) is 0. The van der Waals surface area contributed by atoms with Crippen LogP contribution in [0.5, 0.6) is 0 Å². The number of nitrogens with zero attached hydrogens (tertiary/aromatic N) is 3. The fourth-order valence-electron chi connectivity index (χ4n) is 2.67. The molecule has 0 spiro atoms. The molecular weight excluding hydrogens is 500 g/mol. The van der Waals surface area contributed by atoms with Gasteiger partial charge >= 0.3 is 23.9 Å². The van der Waals surface area contributed by atoms with Crippen LogP contribution in [-0.4, -0.2) is 151 Å². The monoisotopic (exact) mass is 530 g/mol. The lowest BCUT2D eigenvalue weighted by atomic mass is 10.3. The van der Waals surface area contributed by atoms with E-state index >= 15 is 0 Å². The quantitative estimate of drug-likeness (QED) is 0.0783. The zero-order valence-electron chi connectivity index (χ0n) is 18.6. The average molecular weight is 531 g/mol. The predicted molar refractivity (Wildman–Crippen MR) is 120 cm³/mol. The molecule has 196 valence electrons. The van der Waals surface area contributed by atoms with Crippen molar-refractivity contribution in [1.82, 2.24) is 20.0 Å². The number of nitrogens with one attached hydrogen (secondary N) is 1. The normalized spacial score (nSPS) is 11.6. The first-order valence-electron chi connectivity index (χ1n) is 9.83. The number of amides is 1. The summed E-state index contributed by atoms with van der Waals surface area (Å²) in [5, 5.41) is 38.5. The van der Waals surface area contributed by atoms with Gasteiger partial charge in [0, 0.05) is 44.7 Å². The smallest absolute Gasteiger partial charge is 0.317 e. The Balaban J connectivity index is 4.93. The van der Waals surface area contributed by atoms with E-state index in [0.717, 1.165) is 11.2 Å². The molecule has 1 amide bonds. The molecule has 0 fully saturated rings. The zero-order chi connectivity index (χ0) is 26.3. The SMILES string of the molecule is CS(=O)(=O)SCCNC(=O)CN(CCN(CCN(CC(=O)O)CC(=O)O)CC(=O)O)CC(=O)O. The molecule has 0 saturated carbocycles. The first-order valence-corrected chi connectivity index (χ1v) is 13.2. The summed E-state index contributed by atoms with van der Waals surface area (Å²) >= 11 is 0. The molecule has 0 bridgehead atoms. The van der Waals surface area contributed by atoms with Crippen molar-refractivity contribution in [3.8, 4) is 0 Å². The zero-order valence-corrected chi connectivity index (χ0v) is 20.2. The van der Waals surface area contributed by atoms with Crippen molar-refractivity contribution < 1.29 is 52.8 Å². The van der Waals surface area contributed by atoms with Crippen LogP contribution in [-0.2, 0) is 32.8 Å². The van der Waals surface area contributed by atoms with E-state index in [0.29, 0.717) is 10.8 Å². The Morgan fingerprint density at radius 3 is 1.41 bits per heavy atom. The largest absolute Gasteiger partial charge is 0.480 e. The Kier molecular flexibility index (Phi) is 15.0. The lowest BCUT2D eigenvalue weighted by Crippen LogP contribution is -2.46. The number of aliphatic carboxylic acids is 4. The van der Waals surface area contributed by atoms with Crippen LogP contribution in [0, 0.1) is 0 Å². The summed E-state index contributed by atoms with van der Waals surface area (Å²) in [6.45, 7) is -2.49. The number of carbonyl (C=O) groups is 5. The van der Waals surface area contributed by atoms with Crippen molar-refractivity contribution in [2.24, 2.45) is 0 Å². The summed E-state index contributed by atoms with van der Waals surface area (Å²) in [6.07, 6.45) is 1.03. The van der Waals surface area contributed by atoms with Crippen molar-refractivity contribution in [2.75, 3.05) is 77.5 Å². The molecule has 0 radical (unpaired) electrons. The molecule has 0 atom stereocenters. The van der Waals surface area contributed by atoms with Gasteiger partial charge in [0.2, 0.25) is 5.91 Å². The van der Waals surface area contributed by atoms with E-state index in [-0.39, 0.29) is 45.0 Å². The maximum atomic E-state index is 12.1. The van der Waals surface area contributed by atoms with Crippen molar-refractivity contribution >= 4 is 49.4 Å². The first-order chi connectivity index (χ1) is 15.7. The van der Waals surface area contributed by atoms with Crippen LogP contribution in [0.1, 0.15) is 0 Å². The molecule has 0 saturated heterocycles. The number of carboxylic acids is 4. The van der Waals surface area contributed by atoms with Gasteiger partial charge in [0.05, 0.1) is 32.7 Å². The van der Waals surface area contributed by atoms with Gasteiger partial charge in [-0.3, -0.25) is 38.7 Å². The molecule has 0 aromatic heterocycles. The van der Waals surface area contributed by atoms with Gasteiger partial charge in [0.1, 0.15) is 0 Å². The molecule has 0 rings (SSSR count). The number of hydrogen-bond donors (Lipinski definition) is 5. The summed E-state index contributed by atoms with van der Waals surface area (Å²) in [7, 11) is -2.61. The minimum Gasteiger partial charge on any atom is -0.480 e. The highest BCUT2D eigenvalue weighted by Gasteiger charge is 2.19. The minimum atomic E-state index is -3.26. The highest BCUT2D eigenvalue weighted by atomic mass is 33.1. The van der Waals surface area contributed by atoms with Gasteiger partial charge in [-0.1, -0.05) is 0 Å². The van der Waals surface area contributed by atoms with Crippen LogP contribution >= 0.6 is 10.8 Å². The van der Waals surface area contributed by atoms with Gasteiger partial charge in [0.25, 0.3) is 0 Å². The lowest BCUT2D eigenvalue weighted by Gasteiger charge is -2.27. The van der Waals surface area contributed by atoms with Crippen LogP contribution in [0.25, 0.3) is 0 Å². The summed E-state index contributed by atoms with van der Waals surface area (Å²) in [5.74, 6) is -5.36. The second-order valence-electron chi connectivity index (χ2n) is 7.15. The van der Waals surface area contributed by atoms with Crippen LogP contribution in [0.2, 0.25) is 0 Å². The van der Waals surface area contributed by atoms with E-state index in [9.17, 15) is 32.4 Å². The number of carbonyl (C=O) groups excluding carboxylic acids is 1. The number of carboxylic acid groups (broad SMARTS) is 4. The molecule has 0 aromatic rings. The third-order valence-electron chi connectivity index (χ3n) is 3.99. The van der Waals surface area contributed by atoms with E-state index in [1.54, 1.807) is 0 Å². The molecular formula is C17H30N4O11S2. The van der Waals surface area contributed by atoms with E-state index in [1.165, 1.54) is 9.80 Å². The number of hydrogen-bond acceptors (Lipinski definition) is 11. The average Bonchev–Trinajstić information content (AvgIpc) is 2.64. The van der Waals surface area contributed by atoms with E-state index in [1.807, 2.05) is 0 Å². The molecule has 34 heavy (non-hydrogen) atoms. The third kappa shape index (κ3) is 19.0. The highest BCUT2D eigenvalue weighted by Crippen LogP contribution is 2.07. The Labute approximate surface area is 200 Å². The van der Waals surface area contributed by atoms with Crippen molar-refractivity contribution in [3.63, 3.8) is 0 Å². The Morgan fingerprint density at radius 1 is 0.676 bits per heavy atom. The Hall–Kier alpha value is -2.47. The molecule has 15 nitrogen and oxygen atoms in total. The Bertz CT molecular complexity index is 806. The molecule has 0 unspecified atom stereocenters. The topological polar surface area (TPSA) is 222 Å². The molecule has 17 heteroatoms. The highest BCUT2D eigenvalue weighted by molar-refractivity contribution is 8.71. The van der Waals surface area contributed by atoms with Crippen molar-refractivity contribution in [3.05, 3.63) is 0 Å². The van der Waals surface area contributed by atoms with Gasteiger partial charge in [-0.25, -0.2) is 8.42 Å². The second-order valence-corrected chi connectivity index (χ2v) is 11.7. The van der Waals surface area contributed by atoms with Gasteiger partial charge in [-0.05, 0) is 10.8 Å². The second kappa shape index (κ2) is 16.2. The van der Waals surface area contributed by atoms with E-state index in [2.05, 4.69) is 5.32 Å².